The lowest BCUT2D eigenvalue weighted by atomic mass is 9.97. The van der Waals surface area contributed by atoms with E-state index in [9.17, 15) is 4.79 Å². The fourth-order valence-electron chi connectivity index (χ4n) is 5.50. The van der Waals surface area contributed by atoms with E-state index in [-0.39, 0.29) is 23.1 Å². The minimum absolute atomic E-state index is 0.00332. The van der Waals surface area contributed by atoms with Gasteiger partial charge in [-0.05, 0) is 92.9 Å². The van der Waals surface area contributed by atoms with E-state index in [0.717, 1.165) is 49.8 Å². The first kappa shape index (κ1) is 28.8. The summed E-state index contributed by atoms with van der Waals surface area (Å²) in [5.74, 6) is -0.0205. The van der Waals surface area contributed by atoms with Crippen LogP contribution in [0.2, 0.25) is 5.02 Å². The second-order valence-corrected chi connectivity index (χ2v) is 11.4. The van der Waals surface area contributed by atoms with Crippen molar-refractivity contribution in [2.24, 2.45) is 17.4 Å². The number of aryl methyl sites for hydroxylation is 1. The maximum atomic E-state index is 15.1. The fraction of sp³-hybridized carbons (Fsp3) is 0.367. The Labute approximate surface area is 243 Å². The molecule has 5 rings (SSSR count). The summed E-state index contributed by atoms with van der Waals surface area (Å²) in [6.45, 7) is 3.56. The Hall–Kier alpha value is -3.73. The largest absolute Gasteiger partial charge is 0.370 e. The molecule has 4 aromatic rings. The monoisotopic (exact) mass is 578 g/mol. The van der Waals surface area contributed by atoms with Crippen molar-refractivity contribution in [3.63, 3.8) is 0 Å². The molecule has 8 N–H and O–H groups in total. The van der Waals surface area contributed by atoms with Gasteiger partial charge in [0.1, 0.15) is 5.65 Å². The zero-order valence-electron chi connectivity index (χ0n) is 23.0. The van der Waals surface area contributed by atoms with Crippen molar-refractivity contribution in [1.82, 2.24) is 25.2 Å². The number of rotatable bonds is 10. The van der Waals surface area contributed by atoms with E-state index in [0.29, 0.717) is 40.4 Å². The number of halogens is 2. The number of H-pyrrole nitrogens is 1. The average Bonchev–Trinajstić information content (AvgIpc) is 3.57. The van der Waals surface area contributed by atoms with Crippen LogP contribution < -0.4 is 27.8 Å². The molecule has 216 valence electrons. The first-order valence-corrected chi connectivity index (χ1v) is 14.3. The summed E-state index contributed by atoms with van der Waals surface area (Å²) in [7, 11) is 0. The van der Waals surface area contributed by atoms with Crippen LogP contribution in [0.1, 0.15) is 49.8 Å². The number of nitrogens with zero attached hydrogens (tertiary/aromatic N) is 2. The third-order valence-electron chi connectivity index (χ3n) is 7.67. The number of hydrogen-bond donors (Lipinski definition) is 6. The highest BCUT2D eigenvalue weighted by Crippen LogP contribution is 2.32. The molecular formula is C30H36ClFN8O. The summed E-state index contributed by atoms with van der Waals surface area (Å²) < 4.78 is 16.6. The van der Waals surface area contributed by atoms with Gasteiger partial charge in [-0.1, -0.05) is 23.7 Å². The first-order chi connectivity index (χ1) is 19.7. The summed E-state index contributed by atoms with van der Waals surface area (Å²) >= 11 is 6.24. The van der Waals surface area contributed by atoms with Gasteiger partial charge in [0.05, 0.1) is 16.4 Å². The Morgan fingerprint density at radius 2 is 2.07 bits per heavy atom. The average molecular weight is 579 g/mol. The van der Waals surface area contributed by atoms with Crippen molar-refractivity contribution in [3.05, 3.63) is 81.1 Å². The number of guanidine groups is 1. The van der Waals surface area contributed by atoms with Crippen molar-refractivity contribution in [1.29, 1.82) is 5.41 Å². The number of fused-ring (bicyclic) bond motifs is 1. The summed E-state index contributed by atoms with van der Waals surface area (Å²) in [4.78, 5) is 20.3. The molecular weight excluding hydrogens is 543 g/mol. The highest BCUT2D eigenvalue weighted by Gasteiger charge is 2.25. The third-order valence-corrected chi connectivity index (χ3v) is 7.95. The van der Waals surface area contributed by atoms with Crippen LogP contribution in [-0.4, -0.2) is 39.6 Å². The Bertz CT molecular complexity index is 1600. The Balaban J connectivity index is 1.34. The summed E-state index contributed by atoms with van der Waals surface area (Å²) in [5, 5.41) is 14.4. The molecule has 1 aliphatic rings. The Morgan fingerprint density at radius 3 is 2.80 bits per heavy atom. The normalized spacial score (nSPS) is 17.7. The lowest BCUT2D eigenvalue weighted by Crippen LogP contribution is -2.32. The van der Waals surface area contributed by atoms with E-state index in [1.165, 1.54) is 4.57 Å². The minimum atomic E-state index is -0.516. The third kappa shape index (κ3) is 6.78. The lowest BCUT2D eigenvalue weighted by molar-refractivity contribution is 0.514. The van der Waals surface area contributed by atoms with E-state index in [1.54, 1.807) is 24.4 Å². The van der Waals surface area contributed by atoms with E-state index in [1.807, 2.05) is 31.2 Å². The zero-order chi connectivity index (χ0) is 29.1. The number of nitrogens with two attached hydrogens (primary N) is 2. The van der Waals surface area contributed by atoms with Gasteiger partial charge in [0.15, 0.2) is 11.8 Å². The van der Waals surface area contributed by atoms with Gasteiger partial charge in [-0.3, -0.25) is 9.98 Å². The van der Waals surface area contributed by atoms with Crippen LogP contribution in [-0.2, 0) is 6.42 Å². The quantitative estimate of drug-likeness (QED) is 0.121. The SMILES string of the molecule is C[C@H](N)CCCc1cc(Cl)c(F)c(-c2cc3cn(-c4ccc([C@@H]5CC(CCNC(=N)N)CN5)cc4)c(=O)nc3[nH]2)c1. The van der Waals surface area contributed by atoms with Gasteiger partial charge in [-0.15, -0.1) is 0 Å². The Morgan fingerprint density at radius 1 is 1.29 bits per heavy atom. The molecule has 0 amide bonds. The zero-order valence-corrected chi connectivity index (χ0v) is 23.8. The van der Waals surface area contributed by atoms with Gasteiger partial charge in [0.25, 0.3) is 0 Å². The standard InChI is InChI=1S/C30H36ClFN8O/c1-17(33)3-2-4-18-11-23(27(32)24(31)12-18)26-14-21-16-40(30(41)39-28(21)38-26)22-7-5-20(6-8-22)25-13-19(15-37-25)9-10-36-29(34)35/h5-8,11-12,14,16-17,19,25,37H,2-4,9-10,13,15,33H2,1H3,(H4,34,35,36)(H,38,39,41)/t17-,19?,25-/m0/s1. The Kier molecular flexibility index (Phi) is 8.72. The predicted molar refractivity (Wildman–Crippen MR) is 162 cm³/mol. The molecule has 3 heterocycles. The highest BCUT2D eigenvalue weighted by molar-refractivity contribution is 6.31. The second-order valence-electron chi connectivity index (χ2n) is 11.0. The van der Waals surface area contributed by atoms with Crippen LogP contribution in [0.25, 0.3) is 28.0 Å². The molecule has 1 unspecified atom stereocenters. The first-order valence-electron chi connectivity index (χ1n) is 14.0. The van der Waals surface area contributed by atoms with Crippen LogP contribution in [0.15, 0.2) is 53.5 Å². The number of benzene rings is 2. The van der Waals surface area contributed by atoms with Gasteiger partial charge in [-0.2, -0.15) is 4.98 Å². The topological polar surface area (TPSA) is 151 Å². The maximum Gasteiger partial charge on any atom is 0.354 e. The molecule has 2 aromatic heterocycles. The smallest absolute Gasteiger partial charge is 0.354 e. The second kappa shape index (κ2) is 12.4. The van der Waals surface area contributed by atoms with Gasteiger partial charge in [0, 0.05) is 35.8 Å². The molecule has 0 saturated carbocycles. The number of nitrogens with one attached hydrogen (secondary N) is 4. The van der Waals surface area contributed by atoms with Gasteiger partial charge < -0.3 is 27.1 Å². The molecule has 0 aliphatic carbocycles. The van der Waals surface area contributed by atoms with Crippen LogP contribution >= 0.6 is 11.6 Å². The van der Waals surface area contributed by atoms with Crippen molar-refractivity contribution in [2.45, 2.75) is 51.1 Å². The molecule has 0 radical (unpaired) electrons. The number of hydrogen-bond acceptors (Lipinski definition) is 5. The van der Waals surface area contributed by atoms with Crippen molar-refractivity contribution >= 4 is 28.6 Å². The van der Waals surface area contributed by atoms with Gasteiger partial charge >= 0.3 is 5.69 Å². The van der Waals surface area contributed by atoms with E-state index in [4.69, 9.17) is 28.5 Å². The highest BCUT2D eigenvalue weighted by atomic mass is 35.5. The maximum absolute atomic E-state index is 15.1. The molecule has 0 bridgehead atoms. The molecule has 41 heavy (non-hydrogen) atoms. The minimum Gasteiger partial charge on any atom is -0.370 e. The van der Waals surface area contributed by atoms with Crippen LogP contribution in [0, 0.1) is 17.1 Å². The van der Waals surface area contributed by atoms with Crippen LogP contribution in [0.3, 0.4) is 0 Å². The van der Waals surface area contributed by atoms with Crippen molar-refractivity contribution < 1.29 is 4.39 Å². The molecule has 3 atom stereocenters. The summed E-state index contributed by atoms with van der Waals surface area (Å²) in [6, 6.07) is 13.4. The van der Waals surface area contributed by atoms with Gasteiger partial charge in [0.2, 0.25) is 0 Å². The molecule has 1 fully saturated rings. The van der Waals surface area contributed by atoms with Crippen LogP contribution in [0.4, 0.5) is 4.39 Å². The fourth-order valence-corrected chi connectivity index (χ4v) is 5.74. The predicted octanol–water partition coefficient (Wildman–Crippen LogP) is 4.37. The number of aromatic amines is 1. The molecule has 1 aliphatic heterocycles. The molecule has 2 aromatic carbocycles. The van der Waals surface area contributed by atoms with E-state index in [2.05, 4.69) is 20.6 Å². The van der Waals surface area contributed by atoms with E-state index < -0.39 is 11.5 Å². The summed E-state index contributed by atoms with van der Waals surface area (Å²) in [6.07, 6.45) is 6.13. The number of aromatic nitrogens is 3. The molecule has 11 heteroatoms. The molecule has 1 saturated heterocycles. The van der Waals surface area contributed by atoms with Crippen molar-refractivity contribution in [3.8, 4) is 16.9 Å². The summed E-state index contributed by atoms with van der Waals surface area (Å²) in [5.41, 5.74) is 14.8. The van der Waals surface area contributed by atoms with Crippen molar-refractivity contribution in [2.75, 3.05) is 13.1 Å². The molecule has 9 nitrogen and oxygen atoms in total. The van der Waals surface area contributed by atoms with Gasteiger partial charge in [-0.25, -0.2) is 9.18 Å². The van der Waals surface area contributed by atoms with Crippen LogP contribution in [0.5, 0.6) is 0 Å². The lowest BCUT2D eigenvalue weighted by Gasteiger charge is -2.13. The van der Waals surface area contributed by atoms with E-state index >= 15 is 4.39 Å². The molecule has 0 spiro atoms.